The minimum absolute atomic E-state index is 0.438. The zero-order valence-electron chi connectivity index (χ0n) is 7.83. The van der Waals surface area contributed by atoms with E-state index in [0.29, 0.717) is 11.3 Å². The summed E-state index contributed by atoms with van der Waals surface area (Å²) in [6.07, 6.45) is 3.21. The average Bonchev–Trinajstić information content (AvgIpc) is 2.52. The Balaban J connectivity index is 2.28. The van der Waals surface area contributed by atoms with Gasteiger partial charge in [0.2, 0.25) is 0 Å². The third kappa shape index (κ3) is 0.838. The van der Waals surface area contributed by atoms with Crippen LogP contribution >= 0.6 is 0 Å². The lowest BCUT2D eigenvalue weighted by atomic mass is 9.99. The van der Waals surface area contributed by atoms with Crippen molar-refractivity contribution in [1.29, 1.82) is 0 Å². The van der Waals surface area contributed by atoms with Crippen molar-refractivity contribution < 1.29 is 5.21 Å². The lowest BCUT2D eigenvalue weighted by Crippen LogP contribution is -2.07. The van der Waals surface area contributed by atoms with Crippen molar-refractivity contribution in [3.8, 4) is 0 Å². The minimum atomic E-state index is 0.438. The molecule has 2 nitrogen and oxygen atoms in total. The molecule has 0 spiro atoms. The topological polar surface area (TPSA) is 32.6 Å². The van der Waals surface area contributed by atoms with E-state index >= 15 is 0 Å². The molecule has 2 aliphatic rings. The number of allylic oxidation sites excluding steroid dienone is 2. The van der Waals surface area contributed by atoms with Crippen molar-refractivity contribution in [2.75, 3.05) is 0 Å². The SMILES string of the molecule is CC1=C[C@H]2[C@@H](C/C1=N\O)C2(C)C. The first-order valence-corrected chi connectivity index (χ1v) is 4.47. The Morgan fingerprint density at radius 2 is 2.25 bits per heavy atom. The van der Waals surface area contributed by atoms with Gasteiger partial charge in [0, 0.05) is 0 Å². The molecule has 1 N–H and O–H groups in total. The second-order valence-electron chi connectivity index (χ2n) is 4.55. The zero-order chi connectivity index (χ0) is 8.93. The molecule has 2 atom stereocenters. The van der Waals surface area contributed by atoms with Gasteiger partial charge < -0.3 is 5.21 Å². The number of hydrogen-bond acceptors (Lipinski definition) is 2. The highest BCUT2D eigenvalue weighted by molar-refractivity contribution is 6.00. The molecule has 2 aliphatic carbocycles. The van der Waals surface area contributed by atoms with Gasteiger partial charge in [-0.2, -0.15) is 0 Å². The number of rotatable bonds is 0. The van der Waals surface area contributed by atoms with Gasteiger partial charge in [0.15, 0.2) is 0 Å². The van der Waals surface area contributed by atoms with Crippen LogP contribution in [0.25, 0.3) is 0 Å². The van der Waals surface area contributed by atoms with Crippen LogP contribution in [0.4, 0.5) is 0 Å². The Bertz CT molecular complexity index is 276. The molecule has 0 bridgehead atoms. The Hall–Kier alpha value is -0.790. The number of nitrogens with zero attached hydrogens (tertiary/aromatic N) is 1. The number of hydrogen-bond donors (Lipinski definition) is 1. The largest absolute Gasteiger partial charge is 0.411 e. The minimum Gasteiger partial charge on any atom is -0.411 e. The van der Waals surface area contributed by atoms with Crippen LogP contribution in [0.2, 0.25) is 0 Å². The van der Waals surface area contributed by atoms with Gasteiger partial charge in [-0.15, -0.1) is 0 Å². The van der Waals surface area contributed by atoms with E-state index in [-0.39, 0.29) is 0 Å². The summed E-state index contributed by atoms with van der Waals surface area (Å²) in [5, 5.41) is 12.0. The normalized spacial score (nSPS) is 40.6. The maximum Gasteiger partial charge on any atom is 0.0824 e. The van der Waals surface area contributed by atoms with Crippen molar-refractivity contribution in [2.24, 2.45) is 22.4 Å². The van der Waals surface area contributed by atoms with Crippen molar-refractivity contribution in [1.82, 2.24) is 0 Å². The van der Waals surface area contributed by atoms with Crippen molar-refractivity contribution in [3.05, 3.63) is 11.6 Å². The molecule has 0 aliphatic heterocycles. The lowest BCUT2D eigenvalue weighted by Gasteiger charge is -2.08. The molecule has 12 heavy (non-hydrogen) atoms. The molecule has 0 saturated heterocycles. The second-order valence-corrected chi connectivity index (χ2v) is 4.55. The quantitative estimate of drug-likeness (QED) is 0.434. The van der Waals surface area contributed by atoms with E-state index in [4.69, 9.17) is 5.21 Å². The fourth-order valence-electron chi connectivity index (χ4n) is 2.36. The van der Waals surface area contributed by atoms with Gasteiger partial charge >= 0.3 is 0 Å². The maximum atomic E-state index is 8.72. The Morgan fingerprint density at radius 1 is 1.58 bits per heavy atom. The summed E-state index contributed by atoms with van der Waals surface area (Å²) in [4.78, 5) is 0. The smallest absolute Gasteiger partial charge is 0.0824 e. The van der Waals surface area contributed by atoms with Crippen LogP contribution in [0.3, 0.4) is 0 Å². The van der Waals surface area contributed by atoms with Crippen LogP contribution in [0.5, 0.6) is 0 Å². The first-order valence-electron chi connectivity index (χ1n) is 4.47. The van der Waals surface area contributed by atoms with Gasteiger partial charge in [0.1, 0.15) is 0 Å². The maximum absolute atomic E-state index is 8.72. The summed E-state index contributed by atoms with van der Waals surface area (Å²) in [6.45, 7) is 6.60. The van der Waals surface area contributed by atoms with Gasteiger partial charge in [0.25, 0.3) is 0 Å². The first-order chi connectivity index (χ1) is 5.57. The van der Waals surface area contributed by atoms with Crippen LogP contribution in [0.1, 0.15) is 27.2 Å². The van der Waals surface area contributed by atoms with E-state index in [2.05, 4.69) is 25.1 Å². The van der Waals surface area contributed by atoms with Crippen LogP contribution in [-0.4, -0.2) is 10.9 Å². The van der Waals surface area contributed by atoms with Crippen molar-refractivity contribution >= 4 is 5.71 Å². The van der Waals surface area contributed by atoms with Gasteiger partial charge in [-0.05, 0) is 36.2 Å². The fourth-order valence-corrected chi connectivity index (χ4v) is 2.36. The van der Waals surface area contributed by atoms with Gasteiger partial charge in [0.05, 0.1) is 5.71 Å². The molecule has 0 aromatic carbocycles. The van der Waals surface area contributed by atoms with Gasteiger partial charge in [-0.1, -0.05) is 25.1 Å². The third-order valence-corrected chi connectivity index (χ3v) is 3.56. The van der Waals surface area contributed by atoms with Crippen LogP contribution in [-0.2, 0) is 0 Å². The lowest BCUT2D eigenvalue weighted by molar-refractivity contribution is 0.317. The molecule has 0 radical (unpaired) electrons. The highest BCUT2D eigenvalue weighted by Gasteiger charge is 2.57. The van der Waals surface area contributed by atoms with E-state index in [1.165, 1.54) is 0 Å². The van der Waals surface area contributed by atoms with Crippen LogP contribution in [0, 0.1) is 17.3 Å². The monoisotopic (exact) mass is 165 g/mol. The fraction of sp³-hybridized carbons (Fsp3) is 0.700. The summed E-state index contributed by atoms with van der Waals surface area (Å²) in [6, 6.07) is 0. The summed E-state index contributed by atoms with van der Waals surface area (Å²) >= 11 is 0. The average molecular weight is 165 g/mol. The summed E-state index contributed by atoms with van der Waals surface area (Å²) in [5.74, 6) is 1.44. The number of fused-ring (bicyclic) bond motifs is 1. The van der Waals surface area contributed by atoms with Gasteiger partial charge in [-0.3, -0.25) is 0 Å². The summed E-state index contributed by atoms with van der Waals surface area (Å²) in [5.41, 5.74) is 2.47. The molecule has 1 saturated carbocycles. The Labute approximate surface area is 73.0 Å². The Kier molecular flexibility index (Phi) is 1.39. The molecule has 1 fully saturated rings. The molecular weight excluding hydrogens is 150 g/mol. The summed E-state index contributed by atoms with van der Waals surface area (Å²) in [7, 11) is 0. The predicted octanol–water partition coefficient (Wildman–Crippen LogP) is 2.44. The molecule has 2 heteroatoms. The third-order valence-electron chi connectivity index (χ3n) is 3.56. The Morgan fingerprint density at radius 3 is 2.83 bits per heavy atom. The van der Waals surface area contributed by atoms with Crippen molar-refractivity contribution in [2.45, 2.75) is 27.2 Å². The van der Waals surface area contributed by atoms with E-state index in [0.717, 1.165) is 23.6 Å². The predicted molar refractivity (Wildman–Crippen MR) is 48.4 cm³/mol. The molecule has 2 rings (SSSR count). The molecular formula is C10H15NO. The molecule has 0 unspecified atom stereocenters. The molecule has 0 aromatic heterocycles. The van der Waals surface area contributed by atoms with E-state index in [1.807, 2.05) is 6.92 Å². The molecule has 0 aromatic rings. The van der Waals surface area contributed by atoms with Gasteiger partial charge in [-0.25, -0.2) is 0 Å². The molecule has 0 amide bonds. The van der Waals surface area contributed by atoms with Crippen LogP contribution in [0.15, 0.2) is 16.8 Å². The highest BCUT2D eigenvalue weighted by Crippen LogP contribution is 2.63. The molecule has 0 heterocycles. The second kappa shape index (κ2) is 2.12. The summed E-state index contributed by atoms with van der Waals surface area (Å²) < 4.78 is 0. The highest BCUT2D eigenvalue weighted by atomic mass is 16.4. The van der Waals surface area contributed by atoms with E-state index in [9.17, 15) is 0 Å². The van der Waals surface area contributed by atoms with Crippen LogP contribution < -0.4 is 0 Å². The van der Waals surface area contributed by atoms with E-state index in [1.54, 1.807) is 0 Å². The number of oxime groups is 1. The molecule has 66 valence electrons. The van der Waals surface area contributed by atoms with Crippen molar-refractivity contribution in [3.63, 3.8) is 0 Å². The van der Waals surface area contributed by atoms with E-state index < -0.39 is 0 Å². The standard InChI is InChI=1S/C10H15NO/c1-6-4-7-8(10(7,2)3)5-9(6)11-12/h4,7-8,12H,5H2,1-3H3/b11-9+/t7-,8+/m0/s1. The zero-order valence-corrected chi connectivity index (χ0v) is 7.83. The first kappa shape index (κ1) is 7.84.